The largest absolute Gasteiger partial charge is 0.486 e. The molecule has 1 fully saturated rings. The molecule has 1 aromatic heterocycles. The molecule has 1 atom stereocenters. The van der Waals surface area contributed by atoms with E-state index in [1.807, 2.05) is 41.1 Å². The highest BCUT2D eigenvalue weighted by Crippen LogP contribution is 2.36. The van der Waals surface area contributed by atoms with Crippen molar-refractivity contribution < 1.29 is 19.1 Å². The van der Waals surface area contributed by atoms with Crippen LogP contribution in [0.5, 0.6) is 11.5 Å². The number of benzene rings is 2. The topological polar surface area (TPSA) is 85.7 Å². The second-order valence-electron chi connectivity index (χ2n) is 7.21. The molecule has 1 unspecified atom stereocenters. The van der Waals surface area contributed by atoms with Crippen LogP contribution in [0.25, 0.3) is 5.69 Å². The number of fused-ring (bicyclic) bond motifs is 1. The lowest BCUT2D eigenvalue weighted by atomic mass is 10.1. The Morgan fingerprint density at radius 2 is 1.93 bits per heavy atom. The second-order valence-corrected chi connectivity index (χ2v) is 7.21. The third-order valence-electron chi connectivity index (χ3n) is 5.28. The van der Waals surface area contributed by atoms with Crippen molar-refractivity contribution in [2.75, 3.05) is 30.0 Å². The SMILES string of the molecule is O=C(Nc1ccccc1-n1ccnc1)C1CC(=O)N(c2ccc3c(c2)OCCO3)C1. The molecule has 0 saturated carbocycles. The minimum Gasteiger partial charge on any atom is -0.486 e. The first-order chi connectivity index (χ1) is 14.7. The molecule has 5 rings (SSSR count). The van der Waals surface area contributed by atoms with Gasteiger partial charge in [0.15, 0.2) is 11.5 Å². The van der Waals surface area contributed by atoms with Crippen LogP contribution in [0, 0.1) is 5.92 Å². The zero-order valence-electron chi connectivity index (χ0n) is 16.2. The first-order valence-electron chi connectivity index (χ1n) is 9.77. The molecule has 152 valence electrons. The molecule has 0 bridgehead atoms. The van der Waals surface area contributed by atoms with Crippen LogP contribution in [-0.2, 0) is 9.59 Å². The number of para-hydroxylation sites is 2. The predicted octanol–water partition coefficient (Wildman–Crippen LogP) is 2.64. The number of nitrogens with one attached hydrogen (secondary N) is 1. The summed E-state index contributed by atoms with van der Waals surface area (Å²) >= 11 is 0. The third kappa shape index (κ3) is 3.36. The van der Waals surface area contributed by atoms with Crippen molar-refractivity contribution >= 4 is 23.2 Å². The minimum atomic E-state index is -0.443. The van der Waals surface area contributed by atoms with Gasteiger partial charge in [0, 0.05) is 37.1 Å². The van der Waals surface area contributed by atoms with Gasteiger partial charge in [0.25, 0.3) is 0 Å². The number of amides is 2. The van der Waals surface area contributed by atoms with Gasteiger partial charge in [-0.25, -0.2) is 4.98 Å². The molecule has 3 aromatic rings. The summed E-state index contributed by atoms with van der Waals surface area (Å²) in [4.78, 5) is 31.2. The van der Waals surface area contributed by atoms with Gasteiger partial charge >= 0.3 is 0 Å². The van der Waals surface area contributed by atoms with Gasteiger partial charge in [-0.3, -0.25) is 9.59 Å². The minimum absolute atomic E-state index is 0.0882. The predicted molar refractivity (Wildman–Crippen MR) is 110 cm³/mol. The van der Waals surface area contributed by atoms with E-state index in [4.69, 9.17) is 9.47 Å². The van der Waals surface area contributed by atoms with Crippen LogP contribution in [0.2, 0.25) is 0 Å². The molecule has 1 N–H and O–H groups in total. The van der Waals surface area contributed by atoms with Crippen LogP contribution in [0.4, 0.5) is 11.4 Å². The monoisotopic (exact) mass is 404 g/mol. The maximum atomic E-state index is 12.9. The molecule has 0 radical (unpaired) electrons. The summed E-state index contributed by atoms with van der Waals surface area (Å²) in [6, 6.07) is 12.9. The number of ether oxygens (including phenoxy) is 2. The Morgan fingerprint density at radius 3 is 2.77 bits per heavy atom. The number of aromatic nitrogens is 2. The fourth-order valence-electron chi connectivity index (χ4n) is 3.77. The van der Waals surface area contributed by atoms with Crippen LogP contribution in [0.1, 0.15) is 6.42 Å². The molecule has 3 heterocycles. The summed E-state index contributed by atoms with van der Waals surface area (Å²) < 4.78 is 13.0. The number of hydrogen-bond acceptors (Lipinski definition) is 5. The Balaban J connectivity index is 1.32. The highest BCUT2D eigenvalue weighted by molar-refractivity contribution is 6.04. The van der Waals surface area contributed by atoms with Gasteiger partial charge in [-0.1, -0.05) is 12.1 Å². The van der Waals surface area contributed by atoms with Crippen molar-refractivity contribution in [2.24, 2.45) is 5.92 Å². The molecular weight excluding hydrogens is 384 g/mol. The van der Waals surface area contributed by atoms with Crippen LogP contribution < -0.4 is 19.7 Å². The third-order valence-corrected chi connectivity index (χ3v) is 5.28. The average molecular weight is 404 g/mol. The van der Waals surface area contributed by atoms with Crippen molar-refractivity contribution in [1.82, 2.24) is 9.55 Å². The molecule has 2 amide bonds. The van der Waals surface area contributed by atoms with E-state index in [9.17, 15) is 9.59 Å². The smallest absolute Gasteiger partial charge is 0.229 e. The van der Waals surface area contributed by atoms with E-state index in [0.717, 1.165) is 5.69 Å². The maximum absolute atomic E-state index is 12.9. The molecule has 30 heavy (non-hydrogen) atoms. The van der Waals surface area contributed by atoms with Crippen molar-refractivity contribution in [2.45, 2.75) is 6.42 Å². The van der Waals surface area contributed by atoms with Crippen LogP contribution >= 0.6 is 0 Å². The van der Waals surface area contributed by atoms with Gasteiger partial charge in [0.1, 0.15) is 13.2 Å². The van der Waals surface area contributed by atoms with Crippen LogP contribution in [-0.4, -0.2) is 41.1 Å². The lowest BCUT2D eigenvalue weighted by Gasteiger charge is -2.22. The van der Waals surface area contributed by atoms with Gasteiger partial charge in [-0.05, 0) is 24.3 Å². The van der Waals surface area contributed by atoms with Gasteiger partial charge in [-0.15, -0.1) is 0 Å². The maximum Gasteiger partial charge on any atom is 0.229 e. The Kier molecular flexibility index (Phi) is 4.59. The molecule has 8 nitrogen and oxygen atoms in total. The number of imidazole rings is 1. The summed E-state index contributed by atoms with van der Waals surface area (Å²) in [5.74, 6) is 0.572. The van der Waals surface area contributed by atoms with Gasteiger partial charge < -0.3 is 24.3 Å². The van der Waals surface area contributed by atoms with Crippen molar-refractivity contribution in [3.05, 3.63) is 61.2 Å². The summed E-state index contributed by atoms with van der Waals surface area (Å²) in [6.45, 7) is 1.31. The van der Waals surface area contributed by atoms with Crippen LogP contribution in [0.15, 0.2) is 61.2 Å². The zero-order valence-corrected chi connectivity index (χ0v) is 16.2. The van der Waals surface area contributed by atoms with E-state index < -0.39 is 5.92 Å². The molecule has 2 aliphatic heterocycles. The first kappa shape index (κ1) is 18.2. The lowest BCUT2D eigenvalue weighted by Crippen LogP contribution is -2.28. The standard InChI is InChI=1S/C22H20N4O4/c27-21-11-15(13-26(21)16-5-6-19-20(12-16)30-10-9-29-19)22(28)24-17-3-1-2-4-18(17)25-8-7-23-14-25/h1-8,12,14-15H,9-11,13H2,(H,24,28). The zero-order chi connectivity index (χ0) is 20.5. The summed E-state index contributed by atoms with van der Waals surface area (Å²) in [5, 5.41) is 2.97. The van der Waals surface area contributed by atoms with E-state index in [1.54, 1.807) is 29.6 Å². The lowest BCUT2D eigenvalue weighted by molar-refractivity contribution is -0.122. The van der Waals surface area contributed by atoms with Crippen molar-refractivity contribution in [3.63, 3.8) is 0 Å². The number of anilines is 2. The number of hydrogen-bond donors (Lipinski definition) is 1. The van der Waals surface area contributed by atoms with Gasteiger partial charge in [0.2, 0.25) is 11.8 Å². The second kappa shape index (κ2) is 7.55. The average Bonchev–Trinajstić information content (AvgIpc) is 3.44. The fourth-order valence-corrected chi connectivity index (χ4v) is 3.77. The highest BCUT2D eigenvalue weighted by atomic mass is 16.6. The first-order valence-corrected chi connectivity index (χ1v) is 9.77. The fraction of sp³-hybridized carbons (Fsp3) is 0.227. The highest BCUT2D eigenvalue weighted by Gasteiger charge is 2.35. The number of rotatable bonds is 4. The van der Waals surface area contributed by atoms with Crippen LogP contribution in [0.3, 0.4) is 0 Å². The molecule has 1 saturated heterocycles. The van der Waals surface area contributed by atoms with Gasteiger partial charge in [-0.2, -0.15) is 0 Å². The molecule has 8 heteroatoms. The van der Waals surface area contributed by atoms with E-state index in [0.29, 0.717) is 42.6 Å². The summed E-state index contributed by atoms with van der Waals surface area (Å²) in [7, 11) is 0. The molecule has 0 aliphatic carbocycles. The van der Waals surface area contributed by atoms with E-state index >= 15 is 0 Å². The number of carbonyl (C=O) groups excluding carboxylic acids is 2. The van der Waals surface area contributed by atoms with Crippen molar-refractivity contribution in [3.8, 4) is 17.2 Å². The quantitative estimate of drug-likeness (QED) is 0.723. The Bertz CT molecular complexity index is 1100. The summed E-state index contributed by atoms with van der Waals surface area (Å²) in [5.41, 5.74) is 2.19. The van der Waals surface area contributed by atoms with Gasteiger partial charge in [0.05, 0.1) is 23.6 Å². The Morgan fingerprint density at radius 1 is 1.10 bits per heavy atom. The number of nitrogens with zero attached hydrogens (tertiary/aromatic N) is 3. The van der Waals surface area contributed by atoms with Crippen molar-refractivity contribution in [1.29, 1.82) is 0 Å². The normalized spacial score (nSPS) is 17.8. The molecular formula is C22H20N4O4. The molecule has 2 aromatic carbocycles. The molecule has 2 aliphatic rings. The van der Waals surface area contributed by atoms with E-state index in [2.05, 4.69) is 10.3 Å². The Hall–Kier alpha value is -3.81. The molecule has 0 spiro atoms. The van der Waals surface area contributed by atoms with E-state index in [-0.39, 0.29) is 18.2 Å². The Labute approximate surface area is 173 Å². The number of carbonyl (C=O) groups is 2. The van der Waals surface area contributed by atoms with E-state index in [1.165, 1.54) is 0 Å². The summed E-state index contributed by atoms with van der Waals surface area (Å²) in [6.07, 6.45) is 5.33.